The molecular formula is C13H12O2S. The van der Waals surface area contributed by atoms with Crippen molar-refractivity contribution in [1.82, 2.24) is 0 Å². The van der Waals surface area contributed by atoms with Crippen LogP contribution in [0.25, 0.3) is 10.4 Å². The molecule has 0 spiro atoms. The van der Waals surface area contributed by atoms with Gasteiger partial charge in [0.25, 0.3) is 0 Å². The second-order valence-corrected chi connectivity index (χ2v) is 4.61. The maximum absolute atomic E-state index is 11.3. The zero-order chi connectivity index (χ0) is 11.5. The van der Waals surface area contributed by atoms with Crippen LogP contribution in [0.4, 0.5) is 0 Å². The first-order chi connectivity index (χ1) is 7.70. The summed E-state index contributed by atoms with van der Waals surface area (Å²) in [4.78, 5) is 13.0. The van der Waals surface area contributed by atoms with Gasteiger partial charge in [-0.15, -0.1) is 11.3 Å². The van der Waals surface area contributed by atoms with Crippen LogP contribution in [0.5, 0.6) is 0 Å². The van der Waals surface area contributed by atoms with Gasteiger partial charge >= 0.3 is 5.97 Å². The minimum atomic E-state index is -0.275. The topological polar surface area (TPSA) is 26.3 Å². The van der Waals surface area contributed by atoms with Crippen molar-refractivity contribution in [1.29, 1.82) is 0 Å². The van der Waals surface area contributed by atoms with E-state index >= 15 is 0 Å². The summed E-state index contributed by atoms with van der Waals surface area (Å²) in [5.74, 6) is -0.275. The number of carbonyl (C=O) groups excluding carboxylic acids is 1. The fourth-order valence-electron chi connectivity index (χ4n) is 1.42. The van der Waals surface area contributed by atoms with Gasteiger partial charge in [0, 0.05) is 4.88 Å². The molecule has 1 heterocycles. The molecule has 0 saturated carbocycles. The monoisotopic (exact) mass is 232 g/mol. The number of rotatable bonds is 2. The number of aryl methyl sites for hydroxylation is 1. The molecule has 0 atom stereocenters. The van der Waals surface area contributed by atoms with E-state index in [4.69, 9.17) is 0 Å². The van der Waals surface area contributed by atoms with E-state index in [0.29, 0.717) is 4.88 Å². The van der Waals surface area contributed by atoms with Crippen LogP contribution in [0.1, 0.15) is 15.2 Å². The van der Waals surface area contributed by atoms with Gasteiger partial charge in [0.1, 0.15) is 4.88 Å². The van der Waals surface area contributed by atoms with Crippen LogP contribution < -0.4 is 0 Å². The number of esters is 1. The van der Waals surface area contributed by atoms with Crippen molar-refractivity contribution >= 4 is 17.3 Å². The molecule has 1 aromatic heterocycles. The Balaban J connectivity index is 2.31. The SMILES string of the molecule is COC(=O)c1ccc(-c2ccc(C)cc2)s1. The lowest BCUT2D eigenvalue weighted by Crippen LogP contribution is -1.96. The average molecular weight is 232 g/mol. The second-order valence-electron chi connectivity index (χ2n) is 3.52. The molecule has 3 heteroatoms. The zero-order valence-electron chi connectivity index (χ0n) is 9.19. The Hall–Kier alpha value is -1.61. The van der Waals surface area contributed by atoms with E-state index in [1.54, 1.807) is 6.07 Å². The average Bonchev–Trinajstić information content (AvgIpc) is 2.78. The molecule has 0 aliphatic rings. The molecule has 16 heavy (non-hydrogen) atoms. The van der Waals surface area contributed by atoms with E-state index in [1.165, 1.54) is 24.0 Å². The van der Waals surface area contributed by atoms with E-state index in [2.05, 4.69) is 35.9 Å². The molecule has 0 fully saturated rings. The van der Waals surface area contributed by atoms with Gasteiger partial charge in [-0.05, 0) is 24.6 Å². The standard InChI is InChI=1S/C13H12O2S/c1-9-3-5-10(6-4-9)11-7-8-12(16-11)13(14)15-2/h3-8H,1-2H3. The summed E-state index contributed by atoms with van der Waals surface area (Å²) in [6.45, 7) is 2.05. The molecule has 0 N–H and O–H groups in total. The summed E-state index contributed by atoms with van der Waals surface area (Å²) < 4.78 is 4.68. The van der Waals surface area contributed by atoms with Crippen molar-refractivity contribution in [2.24, 2.45) is 0 Å². The maximum atomic E-state index is 11.3. The Morgan fingerprint density at radius 3 is 2.44 bits per heavy atom. The highest BCUT2D eigenvalue weighted by Gasteiger charge is 2.09. The third kappa shape index (κ3) is 2.14. The predicted molar refractivity (Wildman–Crippen MR) is 65.8 cm³/mol. The Morgan fingerprint density at radius 2 is 1.81 bits per heavy atom. The Morgan fingerprint density at radius 1 is 1.12 bits per heavy atom. The minimum absolute atomic E-state index is 0.275. The number of hydrogen-bond donors (Lipinski definition) is 0. The van der Waals surface area contributed by atoms with Crippen LogP contribution in [-0.4, -0.2) is 13.1 Å². The first kappa shape index (κ1) is 10.9. The van der Waals surface area contributed by atoms with Gasteiger partial charge in [0.2, 0.25) is 0 Å². The molecular weight excluding hydrogens is 220 g/mol. The van der Waals surface area contributed by atoms with Gasteiger partial charge in [-0.2, -0.15) is 0 Å². The van der Waals surface area contributed by atoms with Gasteiger partial charge in [0.05, 0.1) is 7.11 Å². The highest BCUT2D eigenvalue weighted by Crippen LogP contribution is 2.28. The lowest BCUT2D eigenvalue weighted by molar-refractivity contribution is 0.0606. The summed E-state index contributed by atoms with van der Waals surface area (Å²) in [5.41, 5.74) is 2.36. The van der Waals surface area contributed by atoms with Crippen molar-refractivity contribution in [3.05, 3.63) is 46.8 Å². The largest absolute Gasteiger partial charge is 0.465 e. The van der Waals surface area contributed by atoms with Gasteiger partial charge in [0.15, 0.2) is 0 Å². The van der Waals surface area contributed by atoms with Gasteiger partial charge < -0.3 is 4.74 Å². The second kappa shape index (κ2) is 4.49. The van der Waals surface area contributed by atoms with Gasteiger partial charge in [-0.25, -0.2) is 4.79 Å². The van der Waals surface area contributed by atoms with Crippen molar-refractivity contribution < 1.29 is 9.53 Å². The van der Waals surface area contributed by atoms with Crippen LogP contribution in [0, 0.1) is 6.92 Å². The number of hydrogen-bond acceptors (Lipinski definition) is 3. The molecule has 0 amide bonds. The number of ether oxygens (including phenoxy) is 1. The van der Waals surface area contributed by atoms with Crippen molar-refractivity contribution in [2.45, 2.75) is 6.92 Å². The first-order valence-corrected chi connectivity index (χ1v) is 5.77. The third-order valence-corrected chi connectivity index (χ3v) is 3.44. The smallest absolute Gasteiger partial charge is 0.348 e. The van der Waals surface area contributed by atoms with Crippen LogP contribution in [-0.2, 0) is 4.74 Å². The highest BCUT2D eigenvalue weighted by atomic mass is 32.1. The fourth-order valence-corrected chi connectivity index (χ4v) is 2.35. The third-order valence-electron chi connectivity index (χ3n) is 2.33. The van der Waals surface area contributed by atoms with Crippen molar-refractivity contribution in [3.8, 4) is 10.4 Å². The molecule has 0 saturated heterocycles. The maximum Gasteiger partial charge on any atom is 0.348 e. The Kier molecular flexibility index (Phi) is 3.06. The lowest BCUT2D eigenvalue weighted by atomic mass is 10.1. The number of carbonyl (C=O) groups is 1. The van der Waals surface area contributed by atoms with Crippen LogP contribution in [0.15, 0.2) is 36.4 Å². The number of thiophene rings is 1. The normalized spacial score (nSPS) is 10.1. The fraction of sp³-hybridized carbons (Fsp3) is 0.154. The summed E-state index contributed by atoms with van der Waals surface area (Å²) >= 11 is 1.45. The molecule has 0 aliphatic heterocycles. The molecule has 2 rings (SSSR count). The van der Waals surface area contributed by atoms with Crippen molar-refractivity contribution in [3.63, 3.8) is 0 Å². The summed E-state index contributed by atoms with van der Waals surface area (Å²) in [7, 11) is 1.40. The minimum Gasteiger partial charge on any atom is -0.465 e. The summed E-state index contributed by atoms with van der Waals surface area (Å²) in [6, 6.07) is 12.0. The number of methoxy groups -OCH3 is 1. The molecule has 0 bridgehead atoms. The van der Waals surface area contributed by atoms with Crippen LogP contribution in [0.2, 0.25) is 0 Å². The van der Waals surface area contributed by atoms with Crippen molar-refractivity contribution in [2.75, 3.05) is 7.11 Å². The van der Waals surface area contributed by atoms with Crippen LogP contribution >= 0.6 is 11.3 Å². The summed E-state index contributed by atoms with van der Waals surface area (Å²) in [6.07, 6.45) is 0. The van der Waals surface area contributed by atoms with Gasteiger partial charge in [-0.3, -0.25) is 0 Å². The van der Waals surface area contributed by atoms with Crippen LogP contribution in [0.3, 0.4) is 0 Å². The number of benzene rings is 1. The van der Waals surface area contributed by atoms with E-state index in [0.717, 1.165) is 10.4 Å². The van der Waals surface area contributed by atoms with E-state index in [9.17, 15) is 4.79 Å². The lowest BCUT2D eigenvalue weighted by Gasteiger charge is -1.97. The van der Waals surface area contributed by atoms with Gasteiger partial charge in [-0.1, -0.05) is 29.8 Å². The quantitative estimate of drug-likeness (QED) is 0.741. The van der Waals surface area contributed by atoms with E-state index in [-0.39, 0.29) is 5.97 Å². The predicted octanol–water partition coefficient (Wildman–Crippen LogP) is 3.51. The van der Waals surface area contributed by atoms with E-state index < -0.39 is 0 Å². The Labute approximate surface area is 98.5 Å². The first-order valence-electron chi connectivity index (χ1n) is 4.96. The molecule has 2 aromatic rings. The zero-order valence-corrected chi connectivity index (χ0v) is 10.0. The molecule has 82 valence electrons. The molecule has 0 aliphatic carbocycles. The molecule has 1 aromatic carbocycles. The summed E-state index contributed by atoms with van der Waals surface area (Å²) in [5, 5.41) is 0. The Bertz CT molecular complexity index is 497. The highest BCUT2D eigenvalue weighted by molar-refractivity contribution is 7.17. The van der Waals surface area contributed by atoms with E-state index in [1.807, 2.05) is 6.07 Å². The molecule has 0 unspecified atom stereocenters. The molecule has 0 radical (unpaired) electrons. The molecule has 2 nitrogen and oxygen atoms in total.